The van der Waals surface area contributed by atoms with E-state index in [1.807, 2.05) is 0 Å². The van der Waals surface area contributed by atoms with Crippen LogP contribution in [0.4, 0.5) is 5.69 Å². The molecular formula is C15H13Cl2NO2. The van der Waals surface area contributed by atoms with Gasteiger partial charge in [-0.25, -0.2) is 0 Å². The van der Waals surface area contributed by atoms with E-state index in [2.05, 4.69) is 0 Å². The molecule has 104 valence electrons. The minimum Gasteiger partial charge on any atom is -0.481 e. The Balaban J connectivity index is 2.27. The van der Waals surface area contributed by atoms with Crippen LogP contribution < -0.4 is 5.73 Å². The zero-order chi connectivity index (χ0) is 14.7. The molecule has 20 heavy (non-hydrogen) atoms. The molecule has 5 heteroatoms. The quantitative estimate of drug-likeness (QED) is 0.839. The standard InChI is InChI=1S/C15H13Cl2NO2/c16-11-4-2-10(3-5-11)12(15(19)20)7-9-1-6-13(17)14(18)8-9/h1-6,8,12H,7,18H2,(H,19,20). The van der Waals surface area contributed by atoms with Gasteiger partial charge in [-0.15, -0.1) is 0 Å². The molecule has 0 amide bonds. The molecule has 0 fully saturated rings. The minimum absolute atomic E-state index is 0.346. The van der Waals surface area contributed by atoms with Crippen molar-refractivity contribution >= 4 is 34.9 Å². The van der Waals surface area contributed by atoms with Crippen LogP contribution in [0.1, 0.15) is 17.0 Å². The first kappa shape index (κ1) is 14.7. The third kappa shape index (κ3) is 3.44. The van der Waals surface area contributed by atoms with Crippen molar-refractivity contribution in [1.82, 2.24) is 0 Å². The van der Waals surface area contributed by atoms with Crippen molar-refractivity contribution in [2.24, 2.45) is 0 Å². The fourth-order valence-corrected chi connectivity index (χ4v) is 2.24. The lowest BCUT2D eigenvalue weighted by Crippen LogP contribution is -2.14. The fraction of sp³-hybridized carbons (Fsp3) is 0.133. The van der Waals surface area contributed by atoms with Crippen molar-refractivity contribution in [2.75, 3.05) is 5.73 Å². The number of aliphatic carboxylic acids is 1. The summed E-state index contributed by atoms with van der Waals surface area (Å²) in [6.45, 7) is 0. The Kier molecular flexibility index (Phi) is 4.53. The molecule has 0 spiro atoms. The number of hydrogen-bond acceptors (Lipinski definition) is 2. The normalized spacial score (nSPS) is 12.1. The summed E-state index contributed by atoms with van der Waals surface area (Å²) < 4.78 is 0. The Hall–Kier alpha value is -1.71. The van der Waals surface area contributed by atoms with Crippen LogP contribution in [0.15, 0.2) is 42.5 Å². The maximum Gasteiger partial charge on any atom is 0.311 e. The highest BCUT2D eigenvalue weighted by molar-refractivity contribution is 6.33. The average molecular weight is 310 g/mol. The summed E-state index contributed by atoms with van der Waals surface area (Å²) in [5.74, 6) is -1.53. The number of benzene rings is 2. The number of carboxylic acids is 1. The molecule has 0 saturated carbocycles. The van der Waals surface area contributed by atoms with Crippen molar-refractivity contribution in [1.29, 1.82) is 0 Å². The third-order valence-electron chi connectivity index (χ3n) is 3.07. The SMILES string of the molecule is Nc1cc(CC(C(=O)O)c2ccc(Cl)cc2)ccc1Cl. The maximum absolute atomic E-state index is 11.5. The highest BCUT2D eigenvalue weighted by Gasteiger charge is 2.20. The highest BCUT2D eigenvalue weighted by Crippen LogP contribution is 2.26. The molecule has 0 aliphatic carbocycles. The van der Waals surface area contributed by atoms with Crippen LogP contribution in [0.25, 0.3) is 0 Å². The van der Waals surface area contributed by atoms with Crippen molar-refractivity contribution in [3.63, 3.8) is 0 Å². The first-order valence-corrected chi connectivity index (χ1v) is 6.75. The molecule has 1 unspecified atom stereocenters. The Morgan fingerprint density at radius 1 is 1.15 bits per heavy atom. The van der Waals surface area contributed by atoms with Crippen LogP contribution in [-0.4, -0.2) is 11.1 Å². The number of nitrogens with two attached hydrogens (primary N) is 1. The summed E-state index contributed by atoms with van der Waals surface area (Å²) in [6.07, 6.45) is 0.346. The van der Waals surface area contributed by atoms with Gasteiger partial charge in [-0.2, -0.15) is 0 Å². The van der Waals surface area contributed by atoms with Gasteiger partial charge in [-0.05, 0) is 41.8 Å². The zero-order valence-electron chi connectivity index (χ0n) is 10.5. The molecule has 2 rings (SSSR count). The summed E-state index contributed by atoms with van der Waals surface area (Å²) in [5, 5.41) is 10.4. The van der Waals surface area contributed by atoms with Gasteiger partial charge in [0.15, 0.2) is 0 Å². The lowest BCUT2D eigenvalue weighted by molar-refractivity contribution is -0.138. The second-order valence-corrected chi connectivity index (χ2v) is 5.35. The van der Waals surface area contributed by atoms with Gasteiger partial charge in [0.05, 0.1) is 16.6 Å². The molecule has 0 heterocycles. The van der Waals surface area contributed by atoms with Gasteiger partial charge in [0.25, 0.3) is 0 Å². The van der Waals surface area contributed by atoms with Gasteiger partial charge in [-0.1, -0.05) is 41.4 Å². The van der Waals surface area contributed by atoms with E-state index >= 15 is 0 Å². The van der Waals surface area contributed by atoms with Crippen molar-refractivity contribution in [2.45, 2.75) is 12.3 Å². The Morgan fingerprint density at radius 3 is 2.35 bits per heavy atom. The van der Waals surface area contributed by atoms with Gasteiger partial charge < -0.3 is 10.8 Å². The number of carbonyl (C=O) groups is 1. The summed E-state index contributed by atoms with van der Waals surface area (Å²) >= 11 is 11.7. The monoisotopic (exact) mass is 309 g/mol. The van der Waals surface area contributed by atoms with Crippen LogP contribution in [-0.2, 0) is 11.2 Å². The molecule has 2 aromatic rings. The third-order valence-corrected chi connectivity index (χ3v) is 3.67. The average Bonchev–Trinajstić information content (AvgIpc) is 2.41. The van der Waals surface area contributed by atoms with Crippen LogP contribution in [0, 0.1) is 0 Å². The highest BCUT2D eigenvalue weighted by atomic mass is 35.5. The van der Waals surface area contributed by atoms with Gasteiger partial charge in [0.1, 0.15) is 0 Å². The number of anilines is 1. The first-order chi connectivity index (χ1) is 9.47. The van der Waals surface area contributed by atoms with E-state index in [1.165, 1.54) is 0 Å². The molecule has 3 nitrogen and oxygen atoms in total. The van der Waals surface area contributed by atoms with Crippen LogP contribution in [0.3, 0.4) is 0 Å². The molecule has 1 atom stereocenters. The van der Waals surface area contributed by atoms with E-state index in [1.54, 1.807) is 42.5 Å². The number of halogens is 2. The molecule has 0 saturated heterocycles. The summed E-state index contributed by atoms with van der Waals surface area (Å²) in [6, 6.07) is 12.0. The molecule has 2 aromatic carbocycles. The molecule has 0 radical (unpaired) electrons. The van der Waals surface area contributed by atoms with Gasteiger partial charge in [-0.3, -0.25) is 4.79 Å². The molecule has 0 bridgehead atoms. The second kappa shape index (κ2) is 6.16. The number of rotatable bonds is 4. The molecule has 0 aromatic heterocycles. The Morgan fingerprint density at radius 2 is 1.80 bits per heavy atom. The second-order valence-electron chi connectivity index (χ2n) is 4.50. The smallest absolute Gasteiger partial charge is 0.311 e. The van der Waals surface area contributed by atoms with E-state index < -0.39 is 11.9 Å². The molecule has 3 N–H and O–H groups in total. The maximum atomic E-state index is 11.5. The topological polar surface area (TPSA) is 63.3 Å². The Bertz CT molecular complexity index is 626. The van der Waals surface area contributed by atoms with Crippen molar-refractivity contribution in [3.8, 4) is 0 Å². The largest absolute Gasteiger partial charge is 0.481 e. The molecule has 0 aliphatic rings. The van der Waals surface area contributed by atoms with E-state index in [4.69, 9.17) is 28.9 Å². The van der Waals surface area contributed by atoms with Gasteiger partial charge in [0.2, 0.25) is 0 Å². The lowest BCUT2D eigenvalue weighted by atomic mass is 9.92. The lowest BCUT2D eigenvalue weighted by Gasteiger charge is -2.13. The van der Waals surface area contributed by atoms with Crippen LogP contribution in [0.5, 0.6) is 0 Å². The predicted molar refractivity (Wildman–Crippen MR) is 81.4 cm³/mol. The Labute approximate surface area is 126 Å². The number of carboxylic acid groups (broad SMARTS) is 1. The van der Waals surface area contributed by atoms with E-state index in [-0.39, 0.29) is 0 Å². The summed E-state index contributed by atoms with van der Waals surface area (Å²) in [4.78, 5) is 11.5. The predicted octanol–water partition coefficient (Wildman–Crippen LogP) is 3.99. The van der Waals surface area contributed by atoms with Gasteiger partial charge >= 0.3 is 5.97 Å². The zero-order valence-corrected chi connectivity index (χ0v) is 12.0. The summed E-state index contributed by atoms with van der Waals surface area (Å²) in [7, 11) is 0. The molecular weight excluding hydrogens is 297 g/mol. The molecule has 0 aliphatic heterocycles. The number of hydrogen-bond donors (Lipinski definition) is 2. The number of nitrogen functional groups attached to an aromatic ring is 1. The van der Waals surface area contributed by atoms with Crippen molar-refractivity contribution in [3.05, 3.63) is 63.6 Å². The summed E-state index contributed by atoms with van der Waals surface area (Å²) in [5.41, 5.74) is 7.71. The van der Waals surface area contributed by atoms with E-state index in [9.17, 15) is 9.90 Å². The van der Waals surface area contributed by atoms with Crippen LogP contribution >= 0.6 is 23.2 Å². The first-order valence-electron chi connectivity index (χ1n) is 5.99. The van der Waals surface area contributed by atoms with Crippen molar-refractivity contribution < 1.29 is 9.90 Å². The van der Waals surface area contributed by atoms with E-state index in [0.717, 1.165) is 5.56 Å². The van der Waals surface area contributed by atoms with Crippen LogP contribution in [0.2, 0.25) is 10.0 Å². The fourth-order valence-electron chi connectivity index (χ4n) is 2.00. The minimum atomic E-state index is -0.888. The van der Waals surface area contributed by atoms with E-state index in [0.29, 0.717) is 27.7 Å². The van der Waals surface area contributed by atoms with Gasteiger partial charge in [0, 0.05) is 5.02 Å².